The Hall–Kier alpha value is -0.0800. The third kappa shape index (κ3) is 5.56. The van der Waals surface area contributed by atoms with Gasteiger partial charge in [-0.1, -0.05) is 46.0 Å². The highest BCUT2D eigenvalue weighted by Crippen LogP contribution is 2.29. The van der Waals surface area contributed by atoms with Gasteiger partial charge in [-0.3, -0.25) is 11.3 Å². The fraction of sp³-hybridized carbons (Fsp3) is 1.00. The fourth-order valence-corrected chi connectivity index (χ4v) is 1.80. The molecule has 1 fully saturated rings. The lowest BCUT2D eigenvalue weighted by atomic mass is 9.82. The molecule has 1 saturated carbocycles. The van der Waals surface area contributed by atoms with Gasteiger partial charge in [-0.2, -0.15) is 0 Å². The van der Waals surface area contributed by atoms with Gasteiger partial charge in [0.15, 0.2) is 0 Å². The van der Waals surface area contributed by atoms with Crippen molar-refractivity contribution in [3.63, 3.8) is 0 Å². The Balaban J connectivity index is 0.000000354. The molecule has 1 aliphatic rings. The molecule has 0 atom stereocenters. The number of rotatable bonds is 1. The van der Waals surface area contributed by atoms with Crippen molar-refractivity contribution in [2.24, 2.45) is 17.7 Å². The minimum Gasteiger partial charge on any atom is -0.272 e. The summed E-state index contributed by atoms with van der Waals surface area (Å²) in [6.07, 6.45) is 7.46. The second-order valence-corrected chi connectivity index (χ2v) is 3.93. The summed E-state index contributed by atoms with van der Waals surface area (Å²) in [5, 5.41) is 0. The van der Waals surface area contributed by atoms with E-state index in [2.05, 4.69) is 25.1 Å². The van der Waals surface area contributed by atoms with Gasteiger partial charge in [0.05, 0.1) is 0 Å². The molecule has 12 heavy (non-hydrogen) atoms. The third-order valence-electron chi connectivity index (χ3n) is 2.59. The van der Waals surface area contributed by atoms with Crippen LogP contribution in [0.25, 0.3) is 0 Å². The van der Waals surface area contributed by atoms with Crippen molar-refractivity contribution in [3.05, 3.63) is 0 Å². The molecule has 0 aromatic rings. The van der Waals surface area contributed by atoms with Crippen LogP contribution in [0, 0.1) is 11.8 Å². The van der Waals surface area contributed by atoms with Gasteiger partial charge in [-0.05, 0) is 18.9 Å². The van der Waals surface area contributed by atoms with Gasteiger partial charge in [0.2, 0.25) is 0 Å². The fourth-order valence-electron chi connectivity index (χ4n) is 1.80. The molecule has 0 aromatic heterocycles. The first kappa shape index (κ1) is 11.9. The Morgan fingerprint density at radius 2 is 1.58 bits per heavy atom. The second-order valence-electron chi connectivity index (χ2n) is 3.93. The molecule has 2 heteroatoms. The monoisotopic (exact) mass is 172 g/mol. The summed E-state index contributed by atoms with van der Waals surface area (Å²) in [6.45, 7) is 4.71. The molecular weight excluding hydrogens is 148 g/mol. The minimum absolute atomic E-state index is 0.935. The van der Waals surface area contributed by atoms with E-state index in [9.17, 15) is 0 Å². The smallest absolute Gasteiger partial charge is 0.00172 e. The van der Waals surface area contributed by atoms with Crippen LogP contribution < -0.4 is 11.3 Å². The highest BCUT2D eigenvalue weighted by molar-refractivity contribution is 4.67. The van der Waals surface area contributed by atoms with Gasteiger partial charge in [0, 0.05) is 0 Å². The Labute approximate surface area is 76.9 Å². The van der Waals surface area contributed by atoms with Crippen molar-refractivity contribution in [2.75, 3.05) is 7.05 Å². The van der Waals surface area contributed by atoms with Gasteiger partial charge in [0.25, 0.3) is 0 Å². The summed E-state index contributed by atoms with van der Waals surface area (Å²) in [5.41, 5.74) is 2.25. The summed E-state index contributed by atoms with van der Waals surface area (Å²) in [4.78, 5) is 0. The Kier molecular flexibility index (Phi) is 7.51. The average molecular weight is 172 g/mol. The maximum Gasteiger partial charge on any atom is -0.00172 e. The molecule has 0 unspecified atom stereocenters. The Morgan fingerprint density at radius 1 is 1.17 bits per heavy atom. The third-order valence-corrected chi connectivity index (χ3v) is 2.59. The molecule has 2 nitrogen and oxygen atoms in total. The summed E-state index contributed by atoms with van der Waals surface area (Å²) >= 11 is 0. The first-order chi connectivity index (χ1) is 5.72. The van der Waals surface area contributed by atoms with Crippen LogP contribution in [-0.2, 0) is 0 Å². The molecule has 3 N–H and O–H groups in total. The van der Waals surface area contributed by atoms with Crippen LogP contribution >= 0.6 is 0 Å². The molecule has 1 rings (SSSR count). The second kappa shape index (κ2) is 7.56. The van der Waals surface area contributed by atoms with Crippen molar-refractivity contribution >= 4 is 0 Å². The Bertz CT molecular complexity index is 85.8. The molecule has 0 radical (unpaired) electrons. The van der Waals surface area contributed by atoms with Crippen LogP contribution in [0.15, 0.2) is 0 Å². The quantitative estimate of drug-likeness (QED) is 0.470. The lowest BCUT2D eigenvalue weighted by Gasteiger charge is -2.24. The summed E-state index contributed by atoms with van der Waals surface area (Å²) in [5.74, 6) is 6.59. The van der Waals surface area contributed by atoms with E-state index < -0.39 is 0 Å². The summed E-state index contributed by atoms with van der Waals surface area (Å²) in [7, 11) is 1.65. The molecule has 0 aromatic carbocycles. The minimum atomic E-state index is 0.935. The number of hydrogen-bond donors (Lipinski definition) is 2. The molecule has 1 aliphatic carbocycles. The molecule has 0 spiro atoms. The normalized spacial score (nSPS) is 18.8. The SMILES string of the molecule is CC(C)C1CCCCC1.CNN. The van der Waals surface area contributed by atoms with Crippen LogP contribution in [0.4, 0.5) is 0 Å². The number of hydrogen-bond acceptors (Lipinski definition) is 2. The van der Waals surface area contributed by atoms with Crippen molar-refractivity contribution in [1.29, 1.82) is 0 Å². The largest absolute Gasteiger partial charge is 0.272 e. The van der Waals surface area contributed by atoms with E-state index in [-0.39, 0.29) is 0 Å². The maximum atomic E-state index is 4.60. The van der Waals surface area contributed by atoms with E-state index in [1.807, 2.05) is 0 Å². The zero-order valence-corrected chi connectivity index (χ0v) is 8.77. The molecular formula is C10H24N2. The van der Waals surface area contributed by atoms with Crippen molar-refractivity contribution in [1.82, 2.24) is 5.43 Å². The predicted octanol–water partition coefficient (Wildman–Crippen LogP) is 2.30. The van der Waals surface area contributed by atoms with Crippen LogP contribution in [-0.4, -0.2) is 7.05 Å². The molecule has 0 saturated heterocycles. The van der Waals surface area contributed by atoms with Crippen molar-refractivity contribution in [2.45, 2.75) is 46.0 Å². The van der Waals surface area contributed by atoms with Crippen LogP contribution in [0.3, 0.4) is 0 Å². The van der Waals surface area contributed by atoms with Gasteiger partial charge in [-0.25, -0.2) is 0 Å². The van der Waals surface area contributed by atoms with E-state index in [0.717, 1.165) is 11.8 Å². The van der Waals surface area contributed by atoms with Crippen LogP contribution in [0.5, 0.6) is 0 Å². The van der Waals surface area contributed by atoms with E-state index in [0.29, 0.717) is 0 Å². The number of hydrazine groups is 1. The van der Waals surface area contributed by atoms with Gasteiger partial charge in [0.1, 0.15) is 0 Å². The zero-order valence-electron chi connectivity index (χ0n) is 8.77. The van der Waals surface area contributed by atoms with Crippen molar-refractivity contribution < 1.29 is 0 Å². The topological polar surface area (TPSA) is 38.0 Å². The van der Waals surface area contributed by atoms with Crippen LogP contribution in [0.2, 0.25) is 0 Å². The van der Waals surface area contributed by atoms with Gasteiger partial charge >= 0.3 is 0 Å². The lowest BCUT2D eigenvalue weighted by Crippen LogP contribution is -2.13. The molecule has 0 amide bonds. The van der Waals surface area contributed by atoms with Crippen molar-refractivity contribution in [3.8, 4) is 0 Å². The van der Waals surface area contributed by atoms with E-state index in [1.54, 1.807) is 7.05 Å². The summed E-state index contributed by atoms with van der Waals surface area (Å²) < 4.78 is 0. The maximum absolute atomic E-state index is 4.60. The highest BCUT2D eigenvalue weighted by atomic mass is 15.2. The molecule has 0 heterocycles. The van der Waals surface area contributed by atoms with Crippen LogP contribution in [0.1, 0.15) is 46.0 Å². The lowest BCUT2D eigenvalue weighted by molar-refractivity contribution is 0.279. The summed E-state index contributed by atoms with van der Waals surface area (Å²) in [6, 6.07) is 0. The van der Waals surface area contributed by atoms with E-state index in [1.165, 1.54) is 32.1 Å². The van der Waals surface area contributed by atoms with E-state index >= 15 is 0 Å². The number of nitrogens with one attached hydrogen (secondary N) is 1. The predicted molar refractivity (Wildman–Crippen MR) is 54.7 cm³/mol. The van der Waals surface area contributed by atoms with Gasteiger partial charge < -0.3 is 0 Å². The standard InChI is InChI=1S/C9H18.CH6N2/c1-8(2)9-6-4-3-5-7-9;1-3-2/h8-9H,3-7H2,1-2H3;3H,2H2,1H3. The number of nitrogens with two attached hydrogens (primary N) is 1. The first-order valence-corrected chi connectivity index (χ1v) is 5.09. The van der Waals surface area contributed by atoms with E-state index in [4.69, 9.17) is 0 Å². The van der Waals surface area contributed by atoms with Gasteiger partial charge in [-0.15, -0.1) is 0 Å². The highest BCUT2D eigenvalue weighted by Gasteiger charge is 2.15. The molecule has 0 aliphatic heterocycles. The Morgan fingerprint density at radius 3 is 1.83 bits per heavy atom. The molecule has 0 bridgehead atoms. The molecule has 74 valence electrons. The first-order valence-electron chi connectivity index (χ1n) is 5.09. The zero-order chi connectivity index (χ0) is 9.40. The average Bonchev–Trinajstić information content (AvgIpc) is 2.07.